The molecule has 2 nitrogen and oxygen atoms in total. The van der Waals surface area contributed by atoms with Crippen molar-refractivity contribution in [3.8, 4) is 0 Å². The third-order valence-corrected chi connectivity index (χ3v) is 4.40. The van der Waals surface area contributed by atoms with Crippen LogP contribution in [0.2, 0.25) is 0 Å². The van der Waals surface area contributed by atoms with Crippen LogP contribution in [0.4, 0.5) is 0 Å². The molecule has 16 heavy (non-hydrogen) atoms. The Hall–Kier alpha value is -0.760. The molecule has 1 aliphatic heterocycles. The maximum absolute atomic E-state index is 5.78. The summed E-state index contributed by atoms with van der Waals surface area (Å²) in [6, 6.07) is 2.16. The van der Waals surface area contributed by atoms with Crippen LogP contribution in [0.1, 0.15) is 50.4 Å². The molecule has 2 atom stereocenters. The SMILES string of the molecule is CC1CCCC2(CC1)NCCc1ccoc12. The molecule has 0 aromatic carbocycles. The van der Waals surface area contributed by atoms with Gasteiger partial charge in [-0.15, -0.1) is 0 Å². The third kappa shape index (κ3) is 1.60. The molecule has 2 unspecified atom stereocenters. The highest BCUT2D eigenvalue weighted by atomic mass is 16.3. The minimum atomic E-state index is 0.168. The van der Waals surface area contributed by atoms with E-state index in [-0.39, 0.29) is 5.54 Å². The lowest BCUT2D eigenvalue weighted by molar-refractivity contribution is 0.221. The van der Waals surface area contributed by atoms with E-state index < -0.39 is 0 Å². The monoisotopic (exact) mass is 219 g/mol. The fraction of sp³-hybridized carbons (Fsp3) is 0.714. The molecule has 3 rings (SSSR count). The second-order valence-corrected chi connectivity index (χ2v) is 5.57. The highest BCUT2D eigenvalue weighted by Gasteiger charge is 2.39. The molecule has 0 amide bonds. The van der Waals surface area contributed by atoms with E-state index in [1.807, 2.05) is 6.26 Å². The number of furan rings is 1. The van der Waals surface area contributed by atoms with Crippen LogP contribution < -0.4 is 5.32 Å². The Morgan fingerprint density at radius 1 is 1.38 bits per heavy atom. The summed E-state index contributed by atoms with van der Waals surface area (Å²) in [6.45, 7) is 3.49. The minimum Gasteiger partial charge on any atom is -0.467 e. The first-order valence-electron chi connectivity index (χ1n) is 6.62. The molecule has 1 spiro atoms. The first-order chi connectivity index (χ1) is 7.80. The Morgan fingerprint density at radius 3 is 3.25 bits per heavy atom. The Labute approximate surface area is 97.4 Å². The maximum Gasteiger partial charge on any atom is 0.127 e. The summed E-state index contributed by atoms with van der Waals surface area (Å²) in [5, 5.41) is 3.74. The van der Waals surface area contributed by atoms with E-state index in [9.17, 15) is 0 Å². The first-order valence-corrected chi connectivity index (χ1v) is 6.62. The van der Waals surface area contributed by atoms with Gasteiger partial charge in [-0.25, -0.2) is 0 Å². The largest absolute Gasteiger partial charge is 0.467 e. The molecule has 2 heterocycles. The lowest BCUT2D eigenvalue weighted by Crippen LogP contribution is -2.46. The van der Waals surface area contributed by atoms with Gasteiger partial charge in [0.2, 0.25) is 0 Å². The van der Waals surface area contributed by atoms with Gasteiger partial charge >= 0.3 is 0 Å². The Morgan fingerprint density at radius 2 is 2.31 bits per heavy atom. The molecule has 2 heteroatoms. The summed E-state index contributed by atoms with van der Waals surface area (Å²) in [5.41, 5.74) is 1.61. The van der Waals surface area contributed by atoms with Gasteiger partial charge in [0.15, 0.2) is 0 Å². The summed E-state index contributed by atoms with van der Waals surface area (Å²) < 4.78 is 5.78. The van der Waals surface area contributed by atoms with E-state index in [0.717, 1.165) is 18.9 Å². The lowest BCUT2D eigenvalue weighted by Gasteiger charge is -2.36. The first kappa shape index (κ1) is 10.4. The van der Waals surface area contributed by atoms with Gasteiger partial charge in [-0.05, 0) is 43.2 Å². The van der Waals surface area contributed by atoms with Crippen LogP contribution in [0.3, 0.4) is 0 Å². The van der Waals surface area contributed by atoms with Gasteiger partial charge in [0.05, 0.1) is 11.8 Å². The molecule has 1 aromatic rings. The zero-order valence-corrected chi connectivity index (χ0v) is 10.1. The van der Waals surface area contributed by atoms with Crippen molar-refractivity contribution in [1.29, 1.82) is 0 Å². The standard InChI is InChI=1S/C14H21NO/c1-11-3-2-7-14(8-4-11)13-12(5-9-15-14)6-10-16-13/h6,10-11,15H,2-5,7-9H2,1H3. The van der Waals surface area contributed by atoms with Crippen LogP contribution in [0.15, 0.2) is 16.7 Å². The maximum atomic E-state index is 5.78. The average molecular weight is 219 g/mol. The summed E-state index contributed by atoms with van der Waals surface area (Å²) in [5.74, 6) is 2.12. The van der Waals surface area contributed by atoms with Crippen LogP contribution in [0.25, 0.3) is 0 Å². The molecule has 1 fully saturated rings. The molecule has 0 radical (unpaired) electrons. The Bertz CT molecular complexity index is 371. The average Bonchev–Trinajstić information content (AvgIpc) is 2.69. The van der Waals surface area contributed by atoms with E-state index >= 15 is 0 Å². The van der Waals surface area contributed by atoms with Gasteiger partial charge in [-0.1, -0.05) is 19.8 Å². The molecule has 0 saturated heterocycles. The predicted octanol–water partition coefficient (Wildman–Crippen LogP) is 3.22. The van der Waals surface area contributed by atoms with Crippen molar-refractivity contribution >= 4 is 0 Å². The van der Waals surface area contributed by atoms with E-state index in [4.69, 9.17) is 4.42 Å². The van der Waals surface area contributed by atoms with Crippen LogP contribution >= 0.6 is 0 Å². The van der Waals surface area contributed by atoms with Crippen molar-refractivity contribution in [3.05, 3.63) is 23.7 Å². The Kier molecular flexibility index (Phi) is 2.55. The number of rotatable bonds is 0. The normalized spacial score (nSPS) is 34.7. The molecule has 1 aromatic heterocycles. The minimum absolute atomic E-state index is 0.168. The number of nitrogens with one attached hydrogen (secondary N) is 1. The fourth-order valence-electron chi connectivity index (χ4n) is 3.39. The number of hydrogen-bond acceptors (Lipinski definition) is 2. The third-order valence-electron chi connectivity index (χ3n) is 4.40. The molecule has 1 saturated carbocycles. The van der Waals surface area contributed by atoms with Crippen LogP contribution in [-0.4, -0.2) is 6.54 Å². The lowest BCUT2D eigenvalue weighted by atomic mass is 9.82. The van der Waals surface area contributed by atoms with Crippen molar-refractivity contribution < 1.29 is 4.42 Å². The topological polar surface area (TPSA) is 25.2 Å². The summed E-state index contributed by atoms with van der Waals surface area (Å²) in [4.78, 5) is 0. The van der Waals surface area contributed by atoms with Crippen LogP contribution in [0, 0.1) is 5.92 Å². The van der Waals surface area contributed by atoms with Gasteiger partial charge in [0, 0.05) is 6.54 Å². The van der Waals surface area contributed by atoms with Crippen molar-refractivity contribution in [1.82, 2.24) is 5.32 Å². The van der Waals surface area contributed by atoms with Gasteiger partial charge in [-0.3, -0.25) is 0 Å². The molecular weight excluding hydrogens is 198 g/mol. The summed E-state index contributed by atoms with van der Waals surface area (Å²) in [7, 11) is 0. The molecule has 1 aliphatic carbocycles. The van der Waals surface area contributed by atoms with E-state index in [2.05, 4.69) is 18.3 Å². The zero-order chi connectivity index (χ0) is 11.0. The molecule has 0 bridgehead atoms. The molecular formula is C14H21NO. The van der Waals surface area contributed by atoms with Crippen LogP contribution in [-0.2, 0) is 12.0 Å². The predicted molar refractivity (Wildman–Crippen MR) is 64.3 cm³/mol. The summed E-state index contributed by atoms with van der Waals surface area (Å²) >= 11 is 0. The fourth-order valence-corrected chi connectivity index (χ4v) is 3.39. The van der Waals surface area contributed by atoms with Crippen molar-refractivity contribution in [3.63, 3.8) is 0 Å². The van der Waals surface area contributed by atoms with Crippen molar-refractivity contribution in [2.75, 3.05) is 6.54 Å². The summed E-state index contributed by atoms with van der Waals surface area (Å²) in [6.07, 6.45) is 9.52. The highest BCUT2D eigenvalue weighted by molar-refractivity contribution is 5.28. The van der Waals surface area contributed by atoms with E-state index in [1.54, 1.807) is 0 Å². The highest BCUT2D eigenvalue weighted by Crippen LogP contribution is 2.41. The number of hydrogen-bond donors (Lipinski definition) is 1. The van der Waals surface area contributed by atoms with Gasteiger partial charge in [-0.2, -0.15) is 0 Å². The molecule has 1 N–H and O–H groups in total. The molecule has 2 aliphatic rings. The second kappa shape index (κ2) is 3.92. The smallest absolute Gasteiger partial charge is 0.127 e. The van der Waals surface area contributed by atoms with Crippen LogP contribution in [0.5, 0.6) is 0 Å². The quantitative estimate of drug-likeness (QED) is 0.724. The van der Waals surface area contributed by atoms with Gasteiger partial charge in [0.1, 0.15) is 5.76 Å². The van der Waals surface area contributed by atoms with Crippen molar-refractivity contribution in [2.24, 2.45) is 5.92 Å². The van der Waals surface area contributed by atoms with Gasteiger partial charge < -0.3 is 9.73 Å². The zero-order valence-electron chi connectivity index (χ0n) is 10.1. The van der Waals surface area contributed by atoms with E-state index in [1.165, 1.54) is 43.4 Å². The van der Waals surface area contributed by atoms with Gasteiger partial charge in [0.25, 0.3) is 0 Å². The Balaban J connectivity index is 1.94. The van der Waals surface area contributed by atoms with E-state index in [0.29, 0.717) is 0 Å². The van der Waals surface area contributed by atoms with Crippen molar-refractivity contribution in [2.45, 2.75) is 51.0 Å². The molecule has 88 valence electrons. The number of fused-ring (bicyclic) bond motifs is 2. The second-order valence-electron chi connectivity index (χ2n) is 5.57.